The Morgan fingerprint density at radius 3 is 2.38 bits per heavy atom. The summed E-state index contributed by atoms with van der Waals surface area (Å²) in [7, 11) is 1.49. The maximum atomic E-state index is 14.8. The van der Waals surface area contributed by atoms with E-state index in [2.05, 4.69) is 10.2 Å². The Bertz CT molecular complexity index is 1910. The van der Waals surface area contributed by atoms with Crippen molar-refractivity contribution in [3.8, 4) is 10.8 Å². The molecule has 2 saturated heterocycles. The first kappa shape index (κ1) is 33.0. The van der Waals surface area contributed by atoms with E-state index in [1.54, 1.807) is 27.7 Å². The molecule has 2 aliphatic heterocycles. The van der Waals surface area contributed by atoms with Crippen molar-refractivity contribution in [2.45, 2.75) is 109 Å². The highest BCUT2D eigenvalue weighted by atomic mass is 32.1. The van der Waals surface area contributed by atoms with E-state index in [0.717, 1.165) is 17.4 Å². The average Bonchev–Trinajstić information content (AvgIpc) is 3.72. The summed E-state index contributed by atoms with van der Waals surface area (Å²) in [5.74, 6) is -0.842. The fraction of sp³-hybridized carbons (Fsp3) is 0.545. The zero-order valence-corrected chi connectivity index (χ0v) is 28.4. The van der Waals surface area contributed by atoms with Crippen LogP contribution in [0.5, 0.6) is 5.75 Å². The van der Waals surface area contributed by atoms with Crippen molar-refractivity contribution in [3.05, 3.63) is 68.4 Å². The normalized spacial score (nSPS) is 20.5. The van der Waals surface area contributed by atoms with Crippen molar-refractivity contribution < 1.29 is 28.1 Å². The second-order valence-electron chi connectivity index (χ2n) is 13.7. The summed E-state index contributed by atoms with van der Waals surface area (Å²) < 4.78 is 41.3. The number of hydrogen-bond donors (Lipinski definition) is 0. The van der Waals surface area contributed by atoms with Crippen LogP contribution in [0.15, 0.2) is 40.2 Å². The second kappa shape index (κ2) is 12.3. The number of ether oxygens (including phenoxy) is 4. The summed E-state index contributed by atoms with van der Waals surface area (Å²) in [6.45, 7) is 9.76. The number of aryl methyl sites for hydroxylation is 1. The average molecular weight is 670 g/mol. The number of carbonyl (C=O) groups is 1. The molecule has 6 rings (SSSR count). The summed E-state index contributed by atoms with van der Waals surface area (Å²) in [6, 6.07) is 4.17. The van der Waals surface area contributed by atoms with Crippen LogP contribution in [0.4, 0.5) is 4.39 Å². The molecule has 3 aromatic heterocycles. The SMILES string of the molecule is COc1ccc(F)cc1[C@H](Cn1c(=O)n(C(C)(C)C(=O)OC(C)(C)C)c(=O)c2c(C)c(-n3nccn3)sc21)OC1C[C@H]2CC[C@@H](C1)O2. The quantitative estimate of drug-likeness (QED) is 0.231. The van der Waals surface area contributed by atoms with Crippen LogP contribution in [0.25, 0.3) is 15.2 Å². The lowest BCUT2D eigenvalue weighted by Crippen LogP contribution is -2.54. The van der Waals surface area contributed by atoms with Crippen LogP contribution in [0.2, 0.25) is 0 Å². The molecule has 12 nitrogen and oxygen atoms in total. The summed E-state index contributed by atoms with van der Waals surface area (Å²) in [4.78, 5) is 44.2. The molecule has 252 valence electrons. The van der Waals surface area contributed by atoms with Gasteiger partial charge in [0, 0.05) is 11.1 Å². The molecule has 0 saturated carbocycles. The van der Waals surface area contributed by atoms with E-state index < -0.39 is 40.3 Å². The van der Waals surface area contributed by atoms with Crippen LogP contribution < -0.4 is 16.0 Å². The Morgan fingerprint density at radius 2 is 1.77 bits per heavy atom. The van der Waals surface area contributed by atoms with Crippen molar-refractivity contribution in [1.82, 2.24) is 24.1 Å². The summed E-state index contributed by atoms with van der Waals surface area (Å²) in [6.07, 6.45) is 5.30. The number of nitrogens with zero attached hydrogens (tertiary/aromatic N) is 5. The van der Waals surface area contributed by atoms with Gasteiger partial charge in [-0.3, -0.25) is 9.36 Å². The van der Waals surface area contributed by atoms with Crippen molar-refractivity contribution in [2.75, 3.05) is 7.11 Å². The minimum absolute atomic E-state index is 0.0730. The van der Waals surface area contributed by atoms with E-state index in [1.807, 2.05) is 0 Å². The second-order valence-corrected chi connectivity index (χ2v) is 14.7. The van der Waals surface area contributed by atoms with Gasteiger partial charge in [0.15, 0.2) is 0 Å². The van der Waals surface area contributed by atoms with Gasteiger partial charge in [-0.1, -0.05) is 11.3 Å². The molecule has 0 radical (unpaired) electrons. The van der Waals surface area contributed by atoms with Gasteiger partial charge in [0.25, 0.3) is 5.56 Å². The van der Waals surface area contributed by atoms with Gasteiger partial charge in [0.1, 0.15) is 38.6 Å². The first-order valence-electron chi connectivity index (χ1n) is 15.7. The summed E-state index contributed by atoms with van der Waals surface area (Å²) >= 11 is 1.17. The number of esters is 1. The molecule has 0 amide bonds. The number of methoxy groups -OCH3 is 1. The molecule has 4 aromatic rings. The maximum absolute atomic E-state index is 14.8. The highest BCUT2D eigenvalue weighted by Crippen LogP contribution is 2.39. The van der Waals surface area contributed by atoms with Crippen molar-refractivity contribution >= 4 is 27.5 Å². The molecular formula is C33H40FN5O7S. The summed E-state index contributed by atoms with van der Waals surface area (Å²) in [5, 5.41) is 9.27. The minimum atomic E-state index is -1.69. The first-order valence-corrected chi connectivity index (χ1v) is 16.5. The van der Waals surface area contributed by atoms with Crippen LogP contribution in [-0.4, -0.2) is 61.1 Å². The van der Waals surface area contributed by atoms with E-state index >= 15 is 0 Å². The smallest absolute Gasteiger partial charge is 0.333 e. The zero-order chi connectivity index (χ0) is 33.8. The number of fused-ring (bicyclic) bond motifs is 3. The van der Waals surface area contributed by atoms with Gasteiger partial charge in [-0.15, -0.1) is 4.80 Å². The lowest BCUT2D eigenvalue weighted by molar-refractivity contribution is -0.164. The van der Waals surface area contributed by atoms with E-state index in [4.69, 9.17) is 18.9 Å². The highest BCUT2D eigenvalue weighted by molar-refractivity contribution is 7.21. The Kier molecular flexibility index (Phi) is 8.64. The fourth-order valence-corrected chi connectivity index (χ4v) is 7.70. The van der Waals surface area contributed by atoms with E-state index in [9.17, 15) is 18.8 Å². The van der Waals surface area contributed by atoms with Gasteiger partial charge in [-0.2, -0.15) is 10.2 Å². The molecule has 2 fully saturated rings. The molecule has 0 aliphatic carbocycles. The number of carbonyl (C=O) groups excluding carboxylic acids is 1. The molecule has 14 heteroatoms. The largest absolute Gasteiger partial charge is 0.496 e. The van der Waals surface area contributed by atoms with Crippen molar-refractivity contribution in [3.63, 3.8) is 0 Å². The first-order chi connectivity index (χ1) is 22.2. The van der Waals surface area contributed by atoms with Crippen LogP contribution >= 0.6 is 11.3 Å². The highest BCUT2D eigenvalue weighted by Gasteiger charge is 2.40. The predicted molar refractivity (Wildman–Crippen MR) is 173 cm³/mol. The van der Waals surface area contributed by atoms with Gasteiger partial charge >= 0.3 is 11.7 Å². The third-order valence-corrected chi connectivity index (χ3v) is 10.0. The lowest BCUT2D eigenvalue weighted by Gasteiger charge is -2.33. The van der Waals surface area contributed by atoms with Crippen molar-refractivity contribution in [2.24, 2.45) is 0 Å². The number of thiophene rings is 1. The zero-order valence-electron chi connectivity index (χ0n) is 27.6. The molecule has 1 aromatic carbocycles. The minimum Gasteiger partial charge on any atom is -0.496 e. The Hall–Kier alpha value is -3.88. The molecular weight excluding hydrogens is 629 g/mol. The van der Waals surface area contributed by atoms with E-state index in [0.29, 0.717) is 39.5 Å². The van der Waals surface area contributed by atoms with Gasteiger partial charge < -0.3 is 18.9 Å². The van der Waals surface area contributed by atoms with Crippen LogP contribution in [-0.2, 0) is 31.1 Å². The molecule has 2 aliphatic rings. The Morgan fingerprint density at radius 1 is 1.11 bits per heavy atom. The van der Waals surface area contributed by atoms with Crippen molar-refractivity contribution in [1.29, 1.82) is 0 Å². The molecule has 4 atom stereocenters. The summed E-state index contributed by atoms with van der Waals surface area (Å²) in [5.41, 5.74) is -2.99. The van der Waals surface area contributed by atoms with E-state index in [1.165, 1.54) is 72.3 Å². The third-order valence-electron chi connectivity index (χ3n) is 8.74. The molecule has 0 spiro atoms. The van der Waals surface area contributed by atoms with Gasteiger partial charge in [0.05, 0.1) is 49.7 Å². The van der Waals surface area contributed by atoms with Gasteiger partial charge in [-0.05, 0) is 85.4 Å². The monoisotopic (exact) mass is 669 g/mol. The number of halogens is 1. The number of aromatic nitrogens is 5. The predicted octanol–water partition coefficient (Wildman–Crippen LogP) is 4.81. The number of rotatable bonds is 9. The molecule has 47 heavy (non-hydrogen) atoms. The van der Waals surface area contributed by atoms with Crippen LogP contribution in [0, 0.1) is 12.7 Å². The Balaban J connectivity index is 1.56. The Labute approximate surface area is 275 Å². The molecule has 2 bridgehead atoms. The fourth-order valence-electron chi connectivity index (χ4n) is 6.48. The standard InChI is InChI=1S/C33H40FN5O7S/c1-18-26-27(40)38(33(5,6)30(41)46-32(2,3)4)31(42)37(29(26)47-28(18)39-35-12-13-36-39)17-25(23-14-19(34)8-11-24(23)43-7)45-22-15-20-9-10-21(16-22)44-20/h8,11-14,20-22,25H,9-10,15-17H2,1-7H3/t20-,21+,22?,25-/m0/s1. The molecule has 5 heterocycles. The van der Waals surface area contributed by atoms with E-state index in [-0.39, 0.29) is 30.2 Å². The van der Waals surface area contributed by atoms with Gasteiger partial charge in [-0.25, -0.2) is 18.5 Å². The maximum Gasteiger partial charge on any atom is 0.333 e. The number of benzene rings is 1. The number of hydrogen-bond acceptors (Lipinski definition) is 10. The molecule has 1 unspecified atom stereocenters. The van der Waals surface area contributed by atoms with Crippen LogP contribution in [0.3, 0.4) is 0 Å². The lowest BCUT2D eigenvalue weighted by atomic mass is 10.0. The molecule has 0 N–H and O–H groups in total. The topological polar surface area (TPSA) is 129 Å². The van der Waals surface area contributed by atoms with Gasteiger partial charge in [0.2, 0.25) is 0 Å². The van der Waals surface area contributed by atoms with Crippen LogP contribution in [0.1, 0.15) is 77.5 Å². The third kappa shape index (κ3) is 6.25.